The fourth-order valence-electron chi connectivity index (χ4n) is 4.13. The van der Waals surface area contributed by atoms with Crippen LogP contribution in [0.1, 0.15) is 20.3 Å². The van der Waals surface area contributed by atoms with Gasteiger partial charge in [-0.1, -0.05) is 6.58 Å². The van der Waals surface area contributed by atoms with Crippen molar-refractivity contribution in [2.45, 2.75) is 75.1 Å². The number of nitrogens with one attached hydrogen (secondary N) is 1. The van der Waals surface area contributed by atoms with Crippen LogP contribution in [0.15, 0.2) is 12.3 Å². The summed E-state index contributed by atoms with van der Waals surface area (Å²) >= 11 is 0. The number of aliphatic hydroxyl groups is 3. The zero-order chi connectivity index (χ0) is 24.4. The summed E-state index contributed by atoms with van der Waals surface area (Å²) in [4.78, 5) is 11.7. The number of hydrogen-bond donors (Lipinski definition) is 6. The van der Waals surface area contributed by atoms with Gasteiger partial charge in [-0.05, 0) is 20.3 Å². The molecule has 14 heteroatoms. The van der Waals surface area contributed by atoms with Crippen molar-refractivity contribution >= 4 is 16.4 Å². The van der Waals surface area contributed by atoms with Crippen molar-refractivity contribution in [3.8, 4) is 0 Å². The smallest absolute Gasteiger partial charge is 0.397 e. The van der Waals surface area contributed by atoms with E-state index in [-0.39, 0.29) is 6.42 Å². The molecule has 1 aliphatic heterocycles. The van der Waals surface area contributed by atoms with Gasteiger partial charge in [0.1, 0.15) is 30.5 Å². The predicted molar refractivity (Wildman–Crippen MR) is 107 cm³/mol. The predicted octanol–water partition coefficient (Wildman–Crippen LogP) is -1.96. The molecule has 2 aliphatic rings. The normalized spacial score (nSPS) is 40.6. The molecule has 32 heavy (non-hydrogen) atoms. The molecule has 0 spiro atoms. The molecule has 6 N–H and O–H groups in total. The maximum Gasteiger partial charge on any atom is 0.397 e. The third kappa shape index (κ3) is 6.36. The van der Waals surface area contributed by atoms with Crippen LogP contribution in [-0.4, -0.2) is 108 Å². The summed E-state index contributed by atoms with van der Waals surface area (Å²) in [7, 11) is -3.58. The summed E-state index contributed by atoms with van der Waals surface area (Å²) in [5, 5.41) is 44.2. The van der Waals surface area contributed by atoms with E-state index in [4.69, 9.17) is 18.8 Å². The van der Waals surface area contributed by atoms with Gasteiger partial charge >= 0.3 is 16.4 Å². The van der Waals surface area contributed by atoms with Crippen LogP contribution in [0, 0.1) is 5.92 Å². The summed E-state index contributed by atoms with van der Waals surface area (Å²) in [5.74, 6) is -2.45. The molecule has 0 bridgehead atoms. The lowest BCUT2D eigenvalue weighted by molar-refractivity contribution is -0.245. The summed E-state index contributed by atoms with van der Waals surface area (Å²) in [6.45, 7) is 6.27. The van der Waals surface area contributed by atoms with Gasteiger partial charge < -0.3 is 40.0 Å². The van der Waals surface area contributed by atoms with E-state index in [0.717, 1.165) is 0 Å². The van der Waals surface area contributed by atoms with Crippen LogP contribution in [0.4, 0.5) is 0 Å². The van der Waals surface area contributed by atoms with Crippen molar-refractivity contribution in [3.05, 3.63) is 12.3 Å². The average molecular weight is 486 g/mol. The molecule has 2 fully saturated rings. The van der Waals surface area contributed by atoms with Gasteiger partial charge in [-0.25, -0.2) is 4.18 Å². The van der Waals surface area contributed by atoms with Crippen LogP contribution in [0.5, 0.6) is 0 Å². The van der Waals surface area contributed by atoms with E-state index in [1.165, 1.54) is 7.11 Å². The van der Waals surface area contributed by atoms with Crippen LogP contribution in [0.3, 0.4) is 0 Å². The third-order valence-electron chi connectivity index (χ3n) is 5.63. The van der Waals surface area contributed by atoms with E-state index in [0.29, 0.717) is 5.70 Å². The van der Waals surface area contributed by atoms with Crippen LogP contribution < -0.4 is 5.32 Å². The first-order valence-corrected chi connectivity index (χ1v) is 11.3. The Morgan fingerprint density at radius 1 is 1.19 bits per heavy atom. The highest BCUT2D eigenvalue weighted by molar-refractivity contribution is 7.80. The Hall–Kier alpha value is -1.36. The van der Waals surface area contributed by atoms with Crippen molar-refractivity contribution in [1.29, 1.82) is 0 Å². The minimum atomic E-state index is -4.80. The zero-order valence-electron chi connectivity index (χ0n) is 17.9. The van der Waals surface area contributed by atoms with Crippen molar-refractivity contribution in [2.24, 2.45) is 5.92 Å². The van der Waals surface area contributed by atoms with Gasteiger partial charge in [0, 0.05) is 12.8 Å². The van der Waals surface area contributed by atoms with Gasteiger partial charge in [-0.15, -0.1) is 0 Å². The van der Waals surface area contributed by atoms with Gasteiger partial charge in [-0.3, -0.25) is 9.35 Å². The first-order valence-electron chi connectivity index (χ1n) is 9.91. The number of aliphatic hydroxyl groups excluding tert-OH is 3. The minimum absolute atomic E-state index is 0.226. The minimum Gasteiger partial charge on any atom is -0.481 e. The standard InChI is InChI=1S/C18H31NO12S/c1-7(2)19-12-8(3)30-11(6-29-32(25,26)27)14(21)17(12)31-10-5-9(18(23)24)16(28-4)15(22)13(10)20/h8-17,19-22H,1,5-6H2,2-4H3,(H,23,24)(H,25,26,27)/t8-,9?,10+,11?,12?,13?,14+,15+,16+,17+/m0/s1. The molecule has 1 saturated heterocycles. The number of methoxy groups -OCH3 is 1. The zero-order valence-corrected chi connectivity index (χ0v) is 18.7. The van der Waals surface area contributed by atoms with Crippen molar-refractivity contribution in [2.75, 3.05) is 13.7 Å². The maximum atomic E-state index is 11.7. The first kappa shape index (κ1) is 26.9. The largest absolute Gasteiger partial charge is 0.481 e. The summed E-state index contributed by atoms with van der Waals surface area (Å²) in [6, 6.07) is -0.739. The number of hydrogen-bond acceptors (Lipinski definition) is 11. The molecule has 0 aromatic heterocycles. The summed E-state index contributed by atoms with van der Waals surface area (Å²) in [6.07, 6.45) is -10.3. The van der Waals surface area contributed by atoms with E-state index >= 15 is 0 Å². The highest BCUT2D eigenvalue weighted by Crippen LogP contribution is 2.33. The van der Waals surface area contributed by atoms with E-state index in [2.05, 4.69) is 16.1 Å². The number of rotatable bonds is 9. The monoisotopic (exact) mass is 485 g/mol. The number of ether oxygens (including phenoxy) is 3. The maximum absolute atomic E-state index is 11.7. The lowest BCUT2D eigenvalue weighted by atomic mass is 9.80. The Labute approximate surface area is 185 Å². The number of allylic oxidation sites excluding steroid dienone is 1. The second kappa shape index (κ2) is 10.7. The molecule has 0 aromatic carbocycles. The van der Waals surface area contributed by atoms with Gasteiger partial charge in [-0.2, -0.15) is 8.42 Å². The molecule has 1 heterocycles. The van der Waals surface area contributed by atoms with Crippen LogP contribution >= 0.6 is 0 Å². The summed E-state index contributed by atoms with van der Waals surface area (Å²) < 4.78 is 51.6. The Balaban J connectivity index is 2.29. The van der Waals surface area contributed by atoms with Crippen molar-refractivity contribution in [1.82, 2.24) is 5.32 Å². The molecule has 10 atom stereocenters. The average Bonchev–Trinajstić information content (AvgIpc) is 2.68. The van der Waals surface area contributed by atoms with E-state index in [1.807, 2.05) is 0 Å². The van der Waals surface area contributed by atoms with E-state index in [1.54, 1.807) is 13.8 Å². The molecule has 4 unspecified atom stereocenters. The van der Waals surface area contributed by atoms with Gasteiger partial charge in [0.05, 0.1) is 36.9 Å². The molecule has 1 saturated carbocycles. The molecule has 0 radical (unpaired) electrons. The fourth-order valence-corrected chi connectivity index (χ4v) is 4.44. The highest BCUT2D eigenvalue weighted by atomic mass is 32.3. The summed E-state index contributed by atoms with van der Waals surface area (Å²) in [5.41, 5.74) is 0.492. The Morgan fingerprint density at radius 2 is 1.81 bits per heavy atom. The van der Waals surface area contributed by atoms with Crippen LogP contribution in [-0.2, 0) is 33.6 Å². The first-order chi connectivity index (χ1) is 14.8. The second-order valence-electron chi connectivity index (χ2n) is 8.03. The topological polar surface area (TPSA) is 201 Å². The number of carboxylic acids is 1. The molecular formula is C18H31NO12S. The van der Waals surface area contributed by atoms with Crippen LogP contribution in [0.25, 0.3) is 0 Å². The Kier molecular flexibility index (Phi) is 9.00. The van der Waals surface area contributed by atoms with Gasteiger partial charge in [0.2, 0.25) is 0 Å². The quantitative estimate of drug-likeness (QED) is 0.197. The van der Waals surface area contributed by atoms with E-state index in [9.17, 15) is 33.6 Å². The third-order valence-corrected chi connectivity index (χ3v) is 6.07. The van der Waals surface area contributed by atoms with Gasteiger partial charge in [0.25, 0.3) is 0 Å². The Bertz CT molecular complexity index is 776. The SMILES string of the molecule is C=C(C)NC1[C@H](C)OC(COS(=O)(=O)O)[C@@H](O)[C@@H]1O[C@@H]1CC(C(=O)O)[C@@H](OC)[C@H](O)C1O. The lowest BCUT2D eigenvalue weighted by Gasteiger charge is -2.47. The molecule has 13 nitrogen and oxygen atoms in total. The molecule has 0 aromatic rings. The molecule has 2 rings (SSSR count). The van der Waals surface area contributed by atoms with Crippen molar-refractivity contribution in [3.63, 3.8) is 0 Å². The van der Waals surface area contributed by atoms with E-state index < -0.39 is 83.8 Å². The Morgan fingerprint density at radius 3 is 2.31 bits per heavy atom. The number of carbonyl (C=O) groups is 1. The highest BCUT2D eigenvalue weighted by Gasteiger charge is 2.51. The van der Waals surface area contributed by atoms with Crippen LogP contribution in [0.2, 0.25) is 0 Å². The second-order valence-corrected chi connectivity index (χ2v) is 9.13. The molecule has 0 amide bonds. The molecular weight excluding hydrogens is 454 g/mol. The van der Waals surface area contributed by atoms with Crippen molar-refractivity contribution < 1.29 is 56.6 Å². The lowest BCUT2D eigenvalue weighted by Crippen LogP contribution is -2.65. The number of carboxylic acid groups (broad SMARTS) is 1. The fraction of sp³-hybridized carbons (Fsp3) is 0.833. The molecule has 1 aliphatic carbocycles. The van der Waals surface area contributed by atoms with Gasteiger partial charge in [0.15, 0.2) is 0 Å². The molecule has 186 valence electrons. The number of aliphatic carboxylic acids is 1.